The molecule has 2 aromatic carbocycles. The number of anilines is 2. The van der Waals surface area contributed by atoms with Crippen LogP contribution in [0.3, 0.4) is 0 Å². The Hall–Kier alpha value is -2.62. The molecule has 1 aliphatic rings. The van der Waals surface area contributed by atoms with Crippen LogP contribution in [0.1, 0.15) is 34.3 Å². The quantitative estimate of drug-likeness (QED) is 0.940. The molecule has 1 saturated heterocycles. The van der Waals surface area contributed by atoms with Crippen LogP contribution in [0, 0.1) is 13.8 Å². The summed E-state index contributed by atoms with van der Waals surface area (Å²) in [4.78, 5) is 25.9. The van der Waals surface area contributed by atoms with E-state index in [1.807, 2.05) is 56.3 Å². The number of hydrogen-bond donors (Lipinski definition) is 1. The Morgan fingerprint density at radius 3 is 2.43 bits per heavy atom. The molecule has 23 heavy (non-hydrogen) atoms. The summed E-state index contributed by atoms with van der Waals surface area (Å²) in [5.74, 6) is 0.0459. The molecule has 0 saturated carbocycles. The van der Waals surface area contributed by atoms with Crippen molar-refractivity contribution in [2.45, 2.75) is 26.7 Å². The smallest absolute Gasteiger partial charge is 0.255 e. The third-order valence-electron chi connectivity index (χ3n) is 4.14. The van der Waals surface area contributed by atoms with E-state index in [1.165, 1.54) is 0 Å². The van der Waals surface area contributed by atoms with Gasteiger partial charge >= 0.3 is 0 Å². The average molecular weight is 308 g/mol. The first-order valence-electron chi connectivity index (χ1n) is 7.83. The number of nitrogens with zero attached hydrogens (tertiary/aromatic N) is 1. The van der Waals surface area contributed by atoms with E-state index in [4.69, 9.17) is 0 Å². The first-order valence-corrected chi connectivity index (χ1v) is 7.83. The maximum absolute atomic E-state index is 12.4. The molecule has 1 aliphatic heterocycles. The molecule has 118 valence electrons. The lowest BCUT2D eigenvalue weighted by atomic mass is 10.1. The second-order valence-corrected chi connectivity index (χ2v) is 5.97. The normalized spacial score (nSPS) is 14.2. The minimum atomic E-state index is -0.118. The molecule has 0 unspecified atom stereocenters. The Morgan fingerprint density at radius 1 is 1.09 bits per heavy atom. The van der Waals surface area contributed by atoms with Gasteiger partial charge in [0.1, 0.15) is 0 Å². The van der Waals surface area contributed by atoms with E-state index >= 15 is 0 Å². The third-order valence-corrected chi connectivity index (χ3v) is 4.14. The Kier molecular flexibility index (Phi) is 4.15. The van der Waals surface area contributed by atoms with Crippen LogP contribution in [0.4, 0.5) is 11.4 Å². The van der Waals surface area contributed by atoms with E-state index in [1.54, 1.807) is 4.90 Å². The highest BCUT2D eigenvalue weighted by Crippen LogP contribution is 2.23. The maximum Gasteiger partial charge on any atom is 0.255 e. The predicted molar refractivity (Wildman–Crippen MR) is 91.9 cm³/mol. The molecule has 2 aromatic rings. The van der Waals surface area contributed by atoms with Gasteiger partial charge in [-0.15, -0.1) is 0 Å². The highest BCUT2D eigenvalue weighted by molar-refractivity contribution is 6.05. The summed E-state index contributed by atoms with van der Waals surface area (Å²) >= 11 is 0. The number of amides is 2. The third kappa shape index (κ3) is 3.26. The van der Waals surface area contributed by atoms with Crippen molar-refractivity contribution in [2.24, 2.45) is 0 Å². The molecule has 3 rings (SSSR count). The first kappa shape index (κ1) is 15.3. The highest BCUT2D eigenvalue weighted by atomic mass is 16.2. The number of hydrogen-bond acceptors (Lipinski definition) is 2. The van der Waals surface area contributed by atoms with E-state index in [9.17, 15) is 9.59 Å². The van der Waals surface area contributed by atoms with Gasteiger partial charge in [0.15, 0.2) is 0 Å². The SMILES string of the molecule is Cc1ccc(C(=O)Nc2ccc(N3CCCC3=O)cc2)c(C)c1. The Balaban J connectivity index is 1.73. The Morgan fingerprint density at radius 2 is 1.83 bits per heavy atom. The summed E-state index contributed by atoms with van der Waals surface area (Å²) in [6.07, 6.45) is 1.52. The van der Waals surface area contributed by atoms with Crippen molar-refractivity contribution < 1.29 is 9.59 Å². The van der Waals surface area contributed by atoms with Crippen molar-refractivity contribution in [3.05, 3.63) is 59.2 Å². The van der Waals surface area contributed by atoms with Gasteiger partial charge in [-0.1, -0.05) is 17.7 Å². The summed E-state index contributed by atoms with van der Waals surface area (Å²) in [6.45, 7) is 4.71. The molecule has 2 amide bonds. The van der Waals surface area contributed by atoms with Crippen molar-refractivity contribution in [3.63, 3.8) is 0 Å². The number of rotatable bonds is 3. The largest absolute Gasteiger partial charge is 0.322 e. The molecule has 4 nitrogen and oxygen atoms in total. The fraction of sp³-hybridized carbons (Fsp3) is 0.263. The second kappa shape index (κ2) is 6.24. The zero-order chi connectivity index (χ0) is 16.4. The topological polar surface area (TPSA) is 49.4 Å². The Bertz CT molecular complexity index is 750. The van der Waals surface area contributed by atoms with Gasteiger partial charge in [-0.05, 0) is 56.2 Å². The van der Waals surface area contributed by atoms with Gasteiger partial charge in [0.25, 0.3) is 5.91 Å². The van der Waals surface area contributed by atoms with Crippen LogP contribution in [-0.4, -0.2) is 18.4 Å². The van der Waals surface area contributed by atoms with E-state index < -0.39 is 0 Å². The van der Waals surface area contributed by atoms with Gasteiger partial charge < -0.3 is 10.2 Å². The zero-order valence-corrected chi connectivity index (χ0v) is 13.4. The lowest BCUT2D eigenvalue weighted by molar-refractivity contribution is -0.117. The van der Waals surface area contributed by atoms with Crippen LogP contribution >= 0.6 is 0 Å². The molecule has 4 heteroatoms. The number of carbonyl (C=O) groups is 2. The monoisotopic (exact) mass is 308 g/mol. The molecule has 0 spiro atoms. The molecule has 0 radical (unpaired) electrons. The van der Waals surface area contributed by atoms with E-state index in [0.29, 0.717) is 12.0 Å². The molecule has 1 fully saturated rings. The van der Waals surface area contributed by atoms with Crippen LogP contribution in [0.25, 0.3) is 0 Å². The standard InChI is InChI=1S/C19H20N2O2/c1-13-5-10-17(14(2)12-13)19(23)20-15-6-8-16(9-7-15)21-11-3-4-18(21)22/h5-10,12H,3-4,11H2,1-2H3,(H,20,23). The fourth-order valence-electron chi connectivity index (χ4n) is 2.91. The zero-order valence-electron chi connectivity index (χ0n) is 13.4. The van der Waals surface area contributed by atoms with Crippen LogP contribution in [0.15, 0.2) is 42.5 Å². The molecule has 1 N–H and O–H groups in total. The lowest BCUT2D eigenvalue weighted by Gasteiger charge is -2.16. The predicted octanol–water partition coefficient (Wildman–Crippen LogP) is 3.68. The van der Waals surface area contributed by atoms with E-state index in [2.05, 4.69) is 5.32 Å². The number of aryl methyl sites for hydroxylation is 2. The number of nitrogens with one attached hydrogen (secondary N) is 1. The van der Waals surface area contributed by atoms with Crippen LogP contribution in [0.5, 0.6) is 0 Å². The minimum absolute atomic E-state index is 0.118. The maximum atomic E-state index is 12.4. The summed E-state index contributed by atoms with van der Waals surface area (Å²) < 4.78 is 0. The number of benzene rings is 2. The highest BCUT2D eigenvalue weighted by Gasteiger charge is 2.21. The summed E-state index contributed by atoms with van der Waals surface area (Å²) in [7, 11) is 0. The summed E-state index contributed by atoms with van der Waals surface area (Å²) in [5.41, 5.74) is 4.39. The molecule has 0 bridgehead atoms. The van der Waals surface area contributed by atoms with Gasteiger partial charge in [-0.2, -0.15) is 0 Å². The fourth-order valence-corrected chi connectivity index (χ4v) is 2.91. The van der Waals surface area contributed by atoms with Gasteiger partial charge in [0.05, 0.1) is 0 Å². The van der Waals surface area contributed by atoms with Gasteiger partial charge in [-0.3, -0.25) is 9.59 Å². The molecule has 0 atom stereocenters. The van der Waals surface area contributed by atoms with Gasteiger partial charge in [0, 0.05) is 29.9 Å². The minimum Gasteiger partial charge on any atom is -0.322 e. The number of carbonyl (C=O) groups excluding carboxylic acids is 2. The first-order chi connectivity index (χ1) is 11.0. The van der Waals surface area contributed by atoms with Crippen molar-refractivity contribution in [1.82, 2.24) is 0 Å². The molecular weight excluding hydrogens is 288 g/mol. The van der Waals surface area contributed by atoms with Crippen molar-refractivity contribution >= 4 is 23.2 Å². The second-order valence-electron chi connectivity index (χ2n) is 5.97. The molecular formula is C19H20N2O2. The van der Waals surface area contributed by atoms with Gasteiger partial charge in [-0.25, -0.2) is 0 Å². The molecule has 1 heterocycles. The summed E-state index contributed by atoms with van der Waals surface area (Å²) in [6, 6.07) is 13.2. The molecule has 0 aliphatic carbocycles. The summed E-state index contributed by atoms with van der Waals surface area (Å²) in [5, 5.41) is 2.91. The lowest BCUT2D eigenvalue weighted by Crippen LogP contribution is -2.23. The van der Waals surface area contributed by atoms with E-state index in [0.717, 1.165) is 35.5 Å². The Labute approximate surface area is 136 Å². The van der Waals surface area contributed by atoms with E-state index in [-0.39, 0.29) is 11.8 Å². The van der Waals surface area contributed by atoms with Crippen LogP contribution in [-0.2, 0) is 4.79 Å². The average Bonchev–Trinajstić information content (AvgIpc) is 2.94. The van der Waals surface area contributed by atoms with Crippen molar-refractivity contribution in [1.29, 1.82) is 0 Å². The van der Waals surface area contributed by atoms with Crippen LogP contribution in [0.2, 0.25) is 0 Å². The van der Waals surface area contributed by atoms with Crippen LogP contribution < -0.4 is 10.2 Å². The van der Waals surface area contributed by atoms with Gasteiger partial charge in [0.2, 0.25) is 5.91 Å². The molecule has 0 aromatic heterocycles. The van der Waals surface area contributed by atoms with Crippen molar-refractivity contribution in [3.8, 4) is 0 Å². The van der Waals surface area contributed by atoms with Crippen molar-refractivity contribution in [2.75, 3.05) is 16.8 Å².